The predicted octanol–water partition coefficient (Wildman–Crippen LogP) is 7.40. The van der Waals surface area contributed by atoms with E-state index in [-0.39, 0.29) is 5.97 Å². The summed E-state index contributed by atoms with van der Waals surface area (Å²) in [5.41, 5.74) is 29.6. The number of anilines is 5. The Labute approximate surface area is 273 Å². The van der Waals surface area contributed by atoms with Crippen LogP contribution in [0.15, 0.2) is 104 Å². The van der Waals surface area contributed by atoms with E-state index in [0.29, 0.717) is 13.2 Å². The fraction of sp³-hybridized carbons (Fsp3) is 0.237. The molecule has 4 aromatic rings. The molecule has 0 unspecified atom stereocenters. The smallest absolute Gasteiger partial charge is 0.330 e. The number of ether oxygens (including phenoxy) is 2. The molecule has 46 heavy (non-hydrogen) atoms. The molecule has 242 valence electrons. The topological polar surface area (TPSA) is 143 Å². The lowest BCUT2D eigenvalue weighted by molar-refractivity contribution is -0.137. The van der Waals surface area contributed by atoms with E-state index >= 15 is 0 Å². The summed E-state index contributed by atoms with van der Waals surface area (Å²) in [7, 11) is 4.11. The number of fused-ring (bicyclic) bond motifs is 2. The number of nitrogens with zero attached hydrogens (tertiary/aromatic N) is 1. The van der Waals surface area contributed by atoms with Crippen LogP contribution < -0.4 is 32.6 Å². The fourth-order valence-electron chi connectivity index (χ4n) is 4.78. The number of carbonyl (C=O) groups excluding carboxylic acids is 1. The normalized spacial score (nSPS) is 11.2. The summed E-state index contributed by atoms with van der Waals surface area (Å²) in [5, 5.41) is 2.07. The predicted molar refractivity (Wildman–Crippen MR) is 196 cm³/mol. The number of carbonyl (C=O) groups is 1. The molecule has 0 radical (unpaired) electrons. The molecule has 8 N–H and O–H groups in total. The van der Waals surface area contributed by atoms with Gasteiger partial charge in [0.15, 0.2) is 0 Å². The maximum atomic E-state index is 10.9. The number of allylic oxidation sites excluding steroid dienone is 3. The van der Waals surface area contributed by atoms with Crippen molar-refractivity contribution in [2.45, 2.75) is 32.1 Å². The van der Waals surface area contributed by atoms with Crippen molar-refractivity contribution >= 4 is 51.3 Å². The molecule has 8 nitrogen and oxygen atoms in total. The van der Waals surface area contributed by atoms with Crippen molar-refractivity contribution < 1.29 is 14.3 Å². The molecular weight excluding hydrogens is 574 g/mol. The van der Waals surface area contributed by atoms with Crippen LogP contribution in [0.1, 0.15) is 36.8 Å². The van der Waals surface area contributed by atoms with Crippen LogP contribution in [0.5, 0.6) is 5.75 Å². The van der Waals surface area contributed by atoms with E-state index in [2.05, 4.69) is 55.9 Å². The molecule has 0 heterocycles. The zero-order chi connectivity index (χ0) is 33.3. The Morgan fingerprint density at radius 2 is 1.41 bits per heavy atom. The highest BCUT2D eigenvalue weighted by atomic mass is 16.5. The zero-order valence-electron chi connectivity index (χ0n) is 27.0. The van der Waals surface area contributed by atoms with Gasteiger partial charge in [0, 0.05) is 64.9 Å². The average molecular weight is 622 g/mol. The van der Waals surface area contributed by atoms with Gasteiger partial charge < -0.3 is 37.3 Å². The lowest BCUT2D eigenvalue weighted by Gasteiger charge is -2.19. The van der Waals surface area contributed by atoms with E-state index in [1.165, 1.54) is 22.9 Å². The van der Waals surface area contributed by atoms with Gasteiger partial charge in [-0.15, -0.1) is 0 Å². The third-order valence-electron chi connectivity index (χ3n) is 7.25. The highest BCUT2D eigenvalue weighted by Gasteiger charge is 2.11. The van der Waals surface area contributed by atoms with E-state index in [1.54, 1.807) is 24.3 Å². The van der Waals surface area contributed by atoms with Crippen LogP contribution in [0.4, 0.5) is 28.4 Å². The Morgan fingerprint density at radius 1 is 0.783 bits per heavy atom. The molecule has 0 atom stereocenters. The summed E-state index contributed by atoms with van der Waals surface area (Å²) in [4.78, 5) is 13.0. The van der Waals surface area contributed by atoms with E-state index in [1.807, 2.05) is 42.5 Å². The van der Waals surface area contributed by atoms with Crippen LogP contribution in [0.3, 0.4) is 0 Å². The number of esters is 1. The van der Waals surface area contributed by atoms with Gasteiger partial charge in [-0.3, -0.25) is 0 Å². The number of unbranched alkanes of at least 4 members (excludes halogenated alkanes) is 3. The molecule has 1 aliphatic carbocycles. The number of hydrogen-bond acceptors (Lipinski definition) is 8. The van der Waals surface area contributed by atoms with E-state index in [4.69, 9.17) is 32.4 Å². The standard InChI is InChI=1S/C19H23NO3.C13H16N2.C6H8N2/c1-2-19(21)23-14-8-4-3-7-13-22-18-12-11-17(20)15-9-5-6-10-16(15)18;1-15(2)13-9-8-12(14)10-6-4-3-5-7-11(10)13;7-5-1-2-6(8)4-3-5/h2,5-6,9-12H,1,3-4,7-8,13-14,20H2;3-5,7-9H,6,14H2,1-2H3;1-4H,7-8H2. The number of nitrogen functional groups attached to an aromatic ring is 4. The van der Waals surface area contributed by atoms with Gasteiger partial charge in [-0.25, -0.2) is 4.79 Å². The Kier molecular flexibility index (Phi) is 14.1. The molecule has 1 aliphatic rings. The third kappa shape index (κ3) is 11.0. The Morgan fingerprint density at radius 3 is 2.07 bits per heavy atom. The number of rotatable bonds is 10. The van der Waals surface area contributed by atoms with Gasteiger partial charge in [0.25, 0.3) is 0 Å². The minimum absolute atomic E-state index is 0.358. The third-order valence-corrected chi connectivity index (χ3v) is 7.25. The van der Waals surface area contributed by atoms with Crippen molar-refractivity contribution in [3.63, 3.8) is 0 Å². The van der Waals surface area contributed by atoms with Crippen molar-refractivity contribution in [1.29, 1.82) is 0 Å². The molecule has 0 amide bonds. The quantitative estimate of drug-likeness (QED) is 0.0621. The number of benzene rings is 4. The Hall–Kier alpha value is -5.37. The van der Waals surface area contributed by atoms with Gasteiger partial charge >= 0.3 is 5.97 Å². The molecule has 0 saturated heterocycles. The minimum Gasteiger partial charge on any atom is -0.493 e. The second-order valence-electron chi connectivity index (χ2n) is 11.0. The lowest BCUT2D eigenvalue weighted by atomic mass is 10.0. The van der Waals surface area contributed by atoms with Crippen LogP contribution in [-0.4, -0.2) is 33.3 Å². The maximum Gasteiger partial charge on any atom is 0.330 e. The second-order valence-corrected chi connectivity index (χ2v) is 11.0. The maximum absolute atomic E-state index is 10.9. The molecule has 0 saturated carbocycles. The van der Waals surface area contributed by atoms with Gasteiger partial charge in [-0.1, -0.05) is 55.1 Å². The number of hydrogen-bond donors (Lipinski definition) is 4. The first-order valence-electron chi connectivity index (χ1n) is 15.4. The van der Waals surface area contributed by atoms with Crippen molar-refractivity contribution in [2.24, 2.45) is 0 Å². The number of nitrogens with two attached hydrogens (primary N) is 4. The summed E-state index contributed by atoms with van der Waals surface area (Å²) < 4.78 is 10.8. The van der Waals surface area contributed by atoms with Crippen LogP contribution in [-0.2, 0) is 16.0 Å². The van der Waals surface area contributed by atoms with E-state index in [9.17, 15) is 4.79 Å². The highest BCUT2D eigenvalue weighted by molar-refractivity contribution is 5.97. The monoisotopic (exact) mass is 621 g/mol. The lowest BCUT2D eigenvalue weighted by Crippen LogP contribution is -2.12. The van der Waals surface area contributed by atoms with Gasteiger partial charge in [0.2, 0.25) is 0 Å². The van der Waals surface area contributed by atoms with Crippen molar-refractivity contribution in [2.75, 3.05) is 55.1 Å². The molecular formula is C38H47N5O3. The van der Waals surface area contributed by atoms with Gasteiger partial charge in [0.1, 0.15) is 5.75 Å². The average Bonchev–Trinajstić information content (AvgIpc) is 3.32. The fourth-order valence-corrected chi connectivity index (χ4v) is 4.78. The Bertz CT molecular complexity index is 1610. The largest absolute Gasteiger partial charge is 0.493 e. The van der Waals surface area contributed by atoms with Gasteiger partial charge in [0.05, 0.1) is 13.2 Å². The zero-order valence-corrected chi connectivity index (χ0v) is 27.0. The molecule has 0 spiro atoms. The highest BCUT2D eigenvalue weighted by Crippen LogP contribution is 2.31. The summed E-state index contributed by atoms with van der Waals surface area (Å²) >= 11 is 0. The van der Waals surface area contributed by atoms with Crippen LogP contribution in [0, 0.1) is 0 Å². The van der Waals surface area contributed by atoms with Crippen molar-refractivity contribution in [3.05, 3.63) is 115 Å². The van der Waals surface area contributed by atoms with Crippen molar-refractivity contribution in [3.8, 4) is 5.75 Å². The van der Waals surface area contributed by atoms with Gasteiger partial charge in [-0.05, 0) is 86.2 Å². The SMILES string of the molecule is C=CC(=O)OCCCCCCOc1ccc(N)c2ccccc12.CN(C)c1ccc(N)c2c1C=CC=CC2.Nc1ccc(N)cc1. The summed E-state index contributed by atoms with van der Waals surface area (Å²) in [6.45, 7) is 4.48. The molecule has 8 heteroatoms. The van der Waals surface area contributed by atoms with Crippen LogP contribution in [0.2, 0.25) is 0 Å². The molecule has 0 aliphatic heterocycles. The van der Waals surface area contributed by atoms with Crippen LogP contribution in [0.25, 0.3) is 16.8 Å². The first-order valence-corrected chi connectivity index (χ1v) is 15.4. The molecule has 4 aromatic carbocycles. The minimum atomic E-state index is -0.358. The first kappa shape index (κ1) is 35.1. The van der Waals surface area contributed by atoms with E-state index < -0.39 is 0 Å². The molecule has 5 rings (SSSR count). The summed E-state index contributed by atoms with van der Waals surface area (Å²) in [6.07, 6.45) is 14.4. The van der Waals surface area contributed by atoms with Gasteiger partial charge in [-0.2, -0.15) is 0 Å². The Balaban J connectivity index is 0.000000212. The van der Waals surface area contributed by atoms with Crippen LogP contribution >= 0.6 is 0 Å². The second kappa shape index (κ2) is 18.4. The molecule has 0 bridgehead atoms. The van der Waals surface area contributed by atoms with E-state index in [0.717, 1.165) is 71.4 Å². The van der Waals surface area contributed by atoms with Crippen molar-refractivity contribution in [1.82, 2.24) is 0 Å². The summed E-state index contributed by atoms with van der Waals surface area (Å²) in [5.74, 6) is 0.512. The first-order chi connectivity index (χ1) is 22.2. The molecule has 0 aromatic heterocycles. The molecule has 0 fully saturated rings. The summed E-state index contributed by atoms with van der Waals surface area (Å²) in [6, 6.07) is 22.9.